The van der Waals surface area contributed by atoms with Gasteiger partial charge in [-0.25, -0.2) is 8.78 Å². The fourth-order valence-corrected chi connectivity index (χ4v) is 2.33. The Labute approximate surface area is 140 Å². The van der Waals surface area contributed by atoms with E-state index in [1.54, 1.807) is 13.8 Å². The van der Waals surface area contributed by atoms with Crippen molar-refractivity contribution in [3.05, 3.63) is 35.4 Å². The highest BCUT2D eigenvalue weighted by atomic mass is 19.1. The minimum atomic E-state index is -1.12. The van der Waals surface area contributed by atoms with Crippen molar-refractivity contribution in [3.63, 3.8) is 0 Å². The number of nitrogens with one attached hydrogen (secondary N) is 2. The summed E-state index contributed by atoms with van der Waals surface area (Å²) < 4.78 is 27.8. The van der Waals surface area contributed by atoms with Gasteiger partial charge in [-0.05, 0) is 25.0 Å². The van der Waals surface area contributed by atoms with Crippen LogP contribution in [0.15, 0.2) is 18.2 Å². The first kappa shape index (κ1) is 20.0. The SMILES string of the molecule is CCC(O)(CC)CNC(=O)CC(NC(C)=O)c1c(F)cccc1F. The molecule has 0 aliphatic rings. The van der Waals surface area contributed by atoms with Gasteiger partial charge in [-0.15, -0.1) is 0 Å². The van der Waals surface area contributed by atoms with E-state index >= 15 is 0 Å². The number of amides is 2. The van der Waals surface area contributed by atoms with Crippen LogP contribution in [0.1, 0.15) is 51.6 Å². The average Bonchev–Trinajstić information content (AvgIpc) is 2.52. The summed E-state index contributed by atoms with van der Waals surface area (Å²) in [6, 6.07) is 2.22. The first-order valence-corrected chi connectivity index (χ1v) is 7.92. The molecule has 5 nitrogen and oxygen atoms in total. The predicted molar refractivity (Wildman–Crippen MR) is 86.1 cm³/mol. The van der Waals surface area contributed by atoms with Crippen molar-refractivity contribution in [2.45, 2.75) is 51.7 Å². The molecule has 3 N–H and O–H groups in total. The summed E-state index contributed by atoms with van der Waals surface area (Å²) in [6.07, 6.45) is 0.586. The molecule has 0 heterocycles. The van der Waals surface area contributed by atoms with Crippen molar-refractivity contribution in [2.24, 2.45) is 0 Å². The monoisotopic (exact) mass is 342 g/mol. The van der Waals surface area contributed by atoms with E-state index in [0.29, 0.717) is 12.8 Å². The number of hydrogen-bond donors (Lipinski definition) is 3. The third kappa shape index (κ3) is 5.56. The van der Waals surface area contributed by atoms with Gasteiger partial charge >= 0.3 is 0 Å². The normalized spacial score (nSPS) is 12.6. The molecular formula is C17H24F2N2O3. The van der Waals surface area contributed by atoms with Gasteiger partial charge in [0.1, 0.15) is 11.6 Å². The molecule has 0 spiro atoms. The molecule has 7 heteroatoms. The lowest BCUT2D eigenvalue weighted by Gasteiger charge is -2.26. The number of benzene rings is 1. The summed E-state index contributed by atoms with van der Waals surface area (Å²) in [5, 5.41) is 15.1. The number of carbonyl (C=O) groups is 2. The molecule has 0 radical (unpaired) electrons. The van der Waals surface area contributed by atoms with Crippen LogP contribution in [0, 0.1) is 11.6 Å². The van der Waals surface area contributed by atoms with Crippen LogP contribution in [0.25, 0.3) is 0 Å². The van der Waals surface area contributed by atoms with Gasteiger partial charge in [0.05, 0.1) is 18.1 Å². The van der Waals surface area contributed by atoms with E-state index in [1.807, 2.05) is 0 Å². The Hall–Kier alpha value is -2.02. The standard InChI is InChI=1S/C17H24F2N2O3/c1-4-17(24,5-2)10-20-15(23)9-14(21-11(3)22)16-12(18)7-6-8-13(16)19/h6-8,14,24H,4-5,9-10H2,1-3H3,(H,20,23)(H,21,22). The summed E-state index contributed by atoms with van der Waals surface area (Å²) in [6.45, 7) is 4.83. The lowest BCUT2D eigenvalue weighted by molar-refractivity contribution is -0.124. The molecule has 1 rings (SSSR count). The first-order chi connectivity index (χ1) is 11.2. The molecule has 0 fully saturated rings. The quantitative estimate of drug-likeness (QED) is 0.678. The molecule has 0 aliphatic carbocycles. The van der Waals surface area contributed by atoms with Crippen molar-refractivity contribution in [1.82, 2.24) is 10.6 Å². The van der Waals surface area contributed by atoms with Crippen molar-refractivity contribution in [2.75, 3.05) is 6.54 Å². The Morgan fingerprint density at radius 2 is 1.75 bits per heavy atom. The van der Waals surface area contributed by atoms with Crippen LogP contribution in [0.2, 0.25) is 0 Å². The summed E-state index contributed by atoms with van der Waals surface area (Å²) in [5.74, 6) is -2.69. The van der Waals surface area contributed by atoms with Crippen LogP contribution in [0.3, 0.4) is 0 Å². The summed E-state index contributed by atoms with van der Waals surface area (Å²) in [4.78, 5) is 23.4. The minimum Gasteiger partial charge on any atom is -0.388 e. The molecule has 1 aromatic carbocycles. The van der Waals surface area contributed by atoms with E-state index in [4.69, 9.17) is 0 Å². The third-order valence-electron chi connectivity index (χ3n) is 4.05. The van der Waals surface area contributed by atoms with Gasteiger partial charge in [0.15, 0.2) is 0 Å². The lowest BCUT2D eigenvalue weighted by atomic mass is 9.97. The molecule has 134 valence electrons. The molecule has 1 atom stereocenters. The Bertz CT molecular complexity index is 569. The largest absolute Gasteiger partial charge is 0.388 e. The highest BCUT2D eigenvalue weighted by Crippen LogP contribution is 2.23. The van der Waals surface area contributed by atoms with Gasteiger partial charge in [-0.1, -0.05) is 19.9 Å². The van der Waals surface area contributed by atoms with E-state index in [2.05, 4.69) is 10.6 Å². The van der Waals surface area contributed by atoms with E-state index < -0.39 is 35.1 Å². The van der Waals surface area contributed by atoms with Crippen molar-refractivity contribution in [3.8, 4) is 0 Å². The minimum absolute atomic E-state index is 0.0331. The number of halogens is 2. The van der Waals surface area contributed by atoms with Crippen molar-refractivity contribution >= 4 is 11.8 Å². The lowest BCUT2D eigenvalue weighted by Crippen LogP contribution is -2.43. The van der Waals surface area contributed by atoms with Gasteiger partial charge in [0.25, 0.3) is 0 Å². The van der Waals surface area contributed by atoms with Crippen LogP contribution < -0.4 is 10.6 Å². The third-order valence-corrected chi connectivity index (χ3v) is 4.05. The summed E-state index contributed by atoms with van der Waals surface area (Å²) in [7, 11) is 0. The van der Waals surface area contributed by atoms with Crippen LogP contribution in [0.5, 0.6) is 0 Å². The molecule has 2 amide bonds. The number of hydrogen-bond acceptors (Lipinski definition) is 3. The van der Waals surface area contributed by atoms with E-state index in [1.165, 1.54) is 13.0 Å². The molecule has 0 bridgehead atoms. The molecule has 1 aromatic rings. The second kappa shape index (κ2) is 8.73. The van der Waals surface area contributed by atoms with Gasteiger partial charge in [0.2, 0.25) is 11.8 Å². The highest BCUT2D eigenvalue weighted by Gasteiger charge is 2.26. The Morgan fingerprint density at radius 1 is 1.21 bits per heavy atom. The zero-order valence-corrected chi connectivity index (χ0v) is 14.2. The molecule has 1 unspecified atom stereocenters. The van der Waals surface area contributed by atoms with Crippen LogP contribution >= 0.6 is 0 Å². The molecule has 0 aliphatic heterocycles. The van der Waals surface area contributed by atoms with Gasteiger partial charge in [-0.3, -0.25) is 9.59 Å². The summed E-state index contributed by atoms with van der Waals surface area (Å²) in [5.41, 5.74) is -1.38. The number of rotatable bonds is 8. The molecule has 0 saturated carbocycles. The summed E-state index contributed by atoms with van der Waals surface area (Å²) >= 11 is 0. The zero-order valence-electron chi connectivity index (χ0n) is 14.2. The topological polar surface area (TPSA) is 78.4 Å². The molecular weight excluding hydrogens is 318 g/mol. The van der Waals surface area contributed by atoms with Crippen LogP contribution in [-0.2, 0) is 9.59 Å². The first-order valence-electron chi connectivity index (χ1n) is 7.92. The Kier molecular flexibility index (Phi) is 7.28. The smallest absolute Gasteiger partial charge is 0.222 e. The van der Waals surface area contributed by atoms with Gasteiger partial charge < -0.3 is 15.7 Å². The molecule has 0 saturated heterocycles. The number of carbonyl (C=O) groups excluding carboxylic acids is 2. The second-order valence-electron chi connectivity index (χ2n) is 5.80. The van der Waals surface area contributed by atoms with E-state index in [0.717, 1.165) is 12.1 Å². The predicted octanol–water partition coefficient (Wildman–Crippen LogP) is 2.20. The fraction of sp³-hybridized carbons (Fsp3) is 0.529. The Balaban J connectivity index is 2.87. The highest BCUT2D eigenvalue weighted by molar-refractivity contribution is 5.79. The fourth-order valence-electron chi connectivity index (χ4n) is 2.33. The maximum absolute atomic E-state index is 13.9. The maximum Gasteiger partial charge on any atom is 0.222 e. The van der Waals surface area contributed by atoms with E-state index in [-0.39, 0.29) is 18.5 Å². The van der Waals surface area contributed by atoms with Crippen molar-refractivity contribution in [1.29, 1.82) is 0 Å². The average molecular weight is 342 g/mol. The van der Waals surface area contributed by atoms with E-state index in [9.17, 15) is 23.5 Å². The van der Waals surface area contributed by atoms with Gasteiger partial charge in [-0.2, -0.15) is 0 Å². The molecule has 0 aromatic heterocycles. The zero-order chi connectivity index (χ0) is 18.3. The Morgan fingerprint density at radius 3 is 2.21 bits per heavy atom. The second-order valence-corrected chi connectivity index (χ2v) is 5.80. The van der Waals surface area contributed by atoms with Crippen molar-refractivity contribution < 1.29 is 23.5 Å². The number of aliphatic hydroxyl groups is 1. The van der Waals surface area contributed by atoms with Gasteiger partial charge in [0, 0.05) is 19.0 Å². The van der Waals surface area contributed by atoms with Crippen LogP contribution in [0.4, 0.5) is 8.78 Å². The maximum atomic E-state index is 13.9. The molecule has 24 heavy (non-hydrogen) atoms. The van der Waals surface area contributed by atoms with Crippen LogP contribution in [-0.4, -0.2) is 29.1 Å².